The molecule has 1 N–H and O–H groups in total. The average Bonchev–Trinajstić information content (AvgIpc) is 2.31. The van der Waals surface area contributed by atoms with Crippen molar-refractivity contribution >= 4 is 11.8 Å². The summed E-state index contributed by atoms with van der Waals surface area (Å²) in [5.74, 6) is 2.35. The summed E-state index contributed by atoms with van der Waals surface area (Å²) in [7, 11) is 0. The van der Waals surface area contributed by atoms with Gasteiger partial charge in [-0.3, -0.25) is 0 Å². The minimum absolute atomic E-state index is 0.684. The maximum atomic E-state index is 3.55. The molecule has 2 heteroatoms. The van der Waals surface area contributed by atoms with E-state index in [9.17, 15) is 0 Å². The number of benzene rings is 1. The highest BCUT2D eigenvalue weighted by atomic mass is 32.2. The van der Waals surface area contributed by atoms with Crippen LogP contribution in [0.5, 0.6) is 0 Å². The van der Waals surface area contributed by atoms with Crippen LogP contribution in [0.15, 0.2) is 30.3 Å². The van der Waals surface area contributed by atoms with Crippen molar-refractivity contribution < 1.29 is 0 Å². The fraction of sp³-hybridized carbons (Fsp3) is 0.571. The van der Waals surface area contributed by atoms with Gasteiger partial charge in [-0.1, -0.05) is 50.6 Å². The molecule has 0 amide bonds. The molecule has 0 fully saturated rings. The van der Waals surface area contributed by atoms with E-state index in [1.54, 1.807) is 0 Å². The molecule has 0 heterocycles. The maximum absolute atomic E-state index is 3.55. The van der Waals surface area contributed by atoms with Gasteiger partial charge in [0, 0.05) is 17.5 Å². The summed E-state index contributed by atoms with van der Waals surface area (Å²) in [5.41, 5.74) is 1.43. The van der Waals surface area contributed by atoms with Gasteiger partial charge in [-0.05, 0) is 18.5 Å². The third-order valence-electron chi connectivity index (χ3n) is 2.56. The SMILES string of the molecule is CCCC(CSCc1ccccc1)NCC. The highest BCUT2D eigenvalue weighted by molar-refractivity contribution is 7.98. The molecule has 1 atom stereocenters. The molecule has 0 radical (unpaired) electrons. The topological polar surface area (TPSA) is 12.0 Å². The lowest BCUT2D eigenvalue weighted by atomic mass is 10.2. The molecule has 90 valence electrons. The van der Waals surface area contributed by atoms with E-state index < -0.39 is 0 Å². The van der Waals surface area contributed by atoms with Crippen molar-refractivity contribution in [3.05, 3.63) is 35.9 Å². The van der Waals surface area contributed by atoms with Gasteiger partial charge in [0.2, 0.25) is 0 Å². The van der Waals surface area contributed by atoms with Crippen LogP contribution >= 0.6 is 11.8 Å². The van der Waals surface area contributed by atoms with Crippen LogP contribution in [0.3, 0.4) is 0 Å². The molecule has 1 unspecified atom stereocenters. The normalized spacial score (nSPS) is 12.6. The van der Waals surface area contributed by atoms with Crippen LogP contribution in [-0.2, 0) is 5.75 Å². The summed E-state index contributed by atoms with van der Waals surface area (Å²) >= 11 is 2.03. The van der Waals surface area contributed by atoms with Crippen molar-refractivity contribution in [2.45, 2.75) is 38.5 Å². The zero-order valence-corrected chi connectivity index (χ0v) is 11.2. The quantitative estimate of drug-likeness (QED) is 0.740. The van der Waals surface area contributed by atoms with E-state index in [0.717, 1.165) is 12.3 Å². The van der Waals surface area contributed by atoms with Gasteiger partial charge in [0.05, 0.1) is 0 Å². The van der Waals surface area contributed by atoms with Crippen LogP contribution in [0.2, 0.25) is 0 Å². The number of thioether (sulfide) groups is 1. The second-order valence-electron chi connectivity index (χ2n) is 4.04. The van der Waals surface area contributed by atoms with Gasteiger partial charge in [-0.2, -0.15) is 11.8 Å². The van der Waals surface area contributed by atoms with E-state index in [1.165, 1.54) is 24.2 Å². The summed E-state index contributed by atoms with van der Waals surface area (Å²) in [4.78, 5) is 0. The highest BCUT2D eigenvalue weighted by Gasteiger charge is 2.05. The monoisotopic (exact) mass is 237 g/mol. The Morgan fingerprint density at radius 2 is 1.94 bits per heavy atom. The molecule has 1 rings (SSSR count). The van der Waals surface area contributed by atoms with Crippen LogP contribution < -0.4 is 5.32 Å². The van der Waals surface area contributed by atoms with E-state index in [-0.39, 0.29) is 0 Å². The second kappa shape index (κ2) is 8.66. The average molecular weight is 237 g/mol. The summed E-state index contributed by atoms with van der Waals surface area (Å²) < 4.78 is 0. The van der Waals surface area contributed by atoms with Gasteiger partial charge in [0.15, 0.2) is 0 Å². The highest BCUT2D eigenvalue weighted by Crippen LogP contribution is 2.14. The molecule has 0 aromatic heterocycles. The number of rotatable bonds is 8. The summed E-state index contributed by atoms with van der Waals surface area (Å²) in [6.45, 7) is 5.52. The largest absolute Gasteiger partial charge is 0.313 e. The smallest absolute Gasteiger partial charge is 0.0185 e. The Hall–Kier alpha value is -0.470. The van der Waals surface area contributed by atoms with Crippen LogP contribution in [0.25, 0.3) is 0 Å². The Labute approximate surface area is 104 Å². The minimum Gasteiger partial charge on any atom is -0.313 e. The summed E-state index contributed by atoms with van der Waals surface area (Å²) in [6, 6.07) is 11.4. The van der Waals surface area contributed by atoms with Gasteiger partial charge in [0.1, 0.15) is 0 Å². The molecule has 1 aromatic carbocycles. The minimum atomic E-state index is 0.684. The van der Waals surface area contributed by atoms with Crippen molar-refractivity contribution in [2.75, 3.05) is 12.3 Å². The molecule has 1 nitrogen and oxygen atoms in total. The maximum Gasteiger partial charge on any atom is 0.0185 e. The van der Waals surface area contributed by atoms with E-state index >= 15 is 0 Å². The number of nitrogens with one attached hydrogen (secondary N) is 1. The number of hydrogen-bond donors (Lipinski definition) is 1. The standard InChI is InChI=1S/C14H23NS/c1-3-8-14(15-4-2)12-16-11-13-9-6-5-7-10-13/h5-7,9-10,14-15H,3-4,8,11-12H2,1-2H3. The molecule has 0 spiro atoms. The first-order valence-corrected chi connectivity index (χ1v) is 7.37. The lowest BCUT2D eigenvalue weighted by molar-refractivity contribution is 0.531. The number of hydrogen-bond acceptors (Lipinski definition) is 2. The van der Waals surface area contributed by atoms with E-state index in [4.69, 9.17) is 0 Å². The van der Waals surface area contributed by atoms with Gasteiger partial charge in [-0.15, -0.1) is 0 Å². The van der Waals surface area contributed by atoms with Crippen LogP contribution in [0.4, 0.5) is 0 Å². The van der Waals surface area contributed by atoms with Crippen LogP contribution in [0.1, 0.15) is 32.3 Å². The van der Waals surface area contributed by atoms with E-state index in [0.29, 0.717) is 6.04 Å². The van der Waals surface area contributed by atoms with Gasteiger partial charge in [-0.25, -0.2) is 0 Å². The van der Waals surface area contributed by atoms with Crippen LogP contribution in [0, 0.1) is 0 Å². The first kappa shape index (κ1) is 13.6. The Bertz CT molecular complexity index is 255. The fourth-order valence-electron chi connectivity index (χ4n) is 1.77. The Kier molecular flexibility index (Phi) is 7.35. The Morgan fingerprint density at radius 3 is 2.56 bits per heavy atom. The fourth-order valence-corrected chi connectivity index (χ4v) is 2.89. The van der Waals surface area contributed by atoms with Gasteiger partial charge in [0.25, 0.3) is 0 Å². The zero-order chi connectivity index (χ0) is 11.6. The van der Waals surface area contributed by atoms with Crippen molar-refractivity contribution in [3.8, 4) is 0 Å². The Balaban J connectivity index is 2.22. The van der Waals surface area contributed by atoms with Crippen molar-refractivity contribution in [1.29, 1.82) is 0 Å². The third kappa shape index (κ3) is 5.57. The molecule has 0 saturated heterocycles. The predicted octanol–water partition coefficient (Wildman–Crippen LogP) is 3.70. The van der Waals surface area contributed by atoms with Gasteiger partial charge >= 0.3 is 0 Å². The summed E-state index contributed by atoms with van der Waals surface area (Å²) in [6.07, 6.45) is 2.55. The molecule has 0 aliphatic heterocycles. The van der Waals surface area contributed by atoms with E-state index in [2.05, 4.69) is 49.5 Å². The Morgan fingerprint density at radius 1 is 1.19 bits per heavy atom. The molecule has 1 aromatic rings. The van der Waals surface area contributed by atoms with Crippen molar-refractivity contribution in [2.24, 2.45) is 0 Å². The molecule has 0 aliphatic carbocycles. The van der Waals surface area contributed by atoms with Crippen molar-refractivity contribution in [3.63, 3.8) is 0 Å². The zero-order valence-electron chi connectivity index (χ0n) is 10.4. The molecular formula is C14H23NS. The van der Waals surface area contributed by atoms with Gasteiger partial charge < -0.3 is 5.32 Å². The molecule has 0 aliphatic rings. The first-order chi connectivity index (χ1) is 7.86. The predicted molar refractivity (Wildman–Crippen MR) is 75.0 cm³/mol. The molecular weight excluding hydrogens is 214 g/mol. The molecule has 0 bridgehead atoms. The second-order valence-corrected chi connectivity index (χ2v) is 5.07. The van der Waals surface area contributed by atoms with Crippen LogP contribution in [-0.4, -0.2) is 18.3 Å². The lowest BCUT2D eigenvalue weighted by Gasteiger charge is -2.16. The molecule has 0 saturated carbocycles. The lowest BCUT2D eigenvalue weighted by Crippen LogP contribution is -2.30. The first-order valence-electron chi connectivity index (χ1n) is 6.21. The van der Waals surface area contributed by atoms with Crippen molar-refractivity contribution in [1.82, 2.24) is 5.32 Å². The molecule has 16 heavy (non-hydrogen) atoms. The summed E-state index contributed by atoms with van der Waals surface area (Å²) in [5, 5.41) is 3.55. The third-order valence-corrected chi connectivity index (χ3v) is 3.74. The van der Waals surface area contributed by atoms with E-state index in [1.807, 2.05) is 11.8 Å².